The van der Waals surface area contributed by atoms with Crippen LogP contribution in [0.15, 0.2) is 47.0 Å². The Morgan fingerprint density at radius 3 is 2.69 bits per heavy atom. The molecule has 0 fully saturated rings. The van der Waals surface area contributed by atoms with Gasteiger partial charge in [0, 0.05) is 12.1 Å². The number of carbonyl (C=O) groups excluding carboxylic acids is 2. The number of aromatic nitrogens is 2. The van der Waals surface area contributed by atoms with Crippen molar-refractivity contribution < 1.29 is 18.7 Å². The molecule has 0 saturated heterocycles. The second kappa shape index (κ2) is 7.32. The first-order chi connectivity index (χ1) is 12.4. The number of hydrogen-bond acceptors (Lipinski definition) is 5. The molecule has 0 aliphatic rings. The summed E-state index contributed by atoms with van der Waals surface area (Å²) in [5, 5.41) is 7.06. The maximum absolute atomic E-state index is 12.3. The fourth-order valence-electron chi connectivity index (χ4n) is 2.27. The molecule has 0 spiro atoms. The average Bonchev–Trinajstić information content (AvgIpc) is 3.21. The zero-order valence-electron chi connectivity index (χ0n) is 13.7. The topological polar surface area (TPSA) is 112 Å². The van der Waals surface area contributed by atoms with E-state index in [9.17, 15) is 9.59 Å². The Kier molecular flexibility index (Phi) is 4.94. The van der Waals surface area contributed by atoms with E-state index in [1.807, 2.05) is 0 Å². The summed E-state index contributed by atoms with van der Waals surface area (Å²) < 4.78 is 12.3. The zero-order chi connectivity index (χ0) is 18.7. The summed E-state index contributed by atoms with van der Waals surface area (Å²) in [6, 6.07) is 10.0. The number of anilines is 1. The molecule has 0 unspecified atom stereocenters. The van der Waals surface area contributed by atoms with Crippen molar-refractivity contribution in [3.8, 4) is 5.75 Å². The maximum Gasteiger partial charge on any atom is 0.291 e. The van der Waals surface area contributed by atoms with Gasteiger partial charge in [0.2, 0.25) is 0 Å². The number of aryl methyl sites for hydroxylation is 1. The molecule has 9 heteroatoms. The monoisotopic (exact) mass is 374 g/mol. The Hall–Kier alpha value is -3.26. The van der Waals surface area contributed by atoms with Crippen LogP contribution >= 0.6 is 11.6 Å². The number of benzene rings is 1. The SMILES string of the molecule is Cn1ncc(NC(=O)c2ccc(COc3ccc(Cl)cc3)o2)c1C(N)=O. The third kappa shape index (κ3) is 3.86. The third-order valence-corrected chi connectivity index (χ3v) is 3.75. The van der Waals surface area contributed by atoms with Crippen LogP contribution in [0, 0.1) is 0 Å². The van der Waals surface area contributed by atoms with Gasteiger partial charge in [0.05, 0.1) is 11.9 Å². The van der Waals surface area contributed by atoms with Gasteiger partial charge in [-0.05, 0) is 36.4 Å². The van der Waals surface area contributed by atoms with E-state index in [0.29, 0.717) is 16.5 Å². The van der Waals surface area contributed by atoms with E-state index in [-0.39, 0.29) is 23.7 Å². The third-order valence-electron chi connectivity index (χ3n) is 3.50. The van der Waals surface area contributed by atoms with Crippen LogP contribution < -0.4 is 15.8 Å². The number of amides is 2. The minimum atomic E-state index is -0.697. The van der Waals surface area contributed by atoms with Gasteiger partial charge in [-0.1, -0.05) is 11.6 Å². The molecular weight excluding hydrogens is 360 g/mol. The molecule has 0 aliphatic heterocycles. The smallest absolute Gasteiger partial charge is 0.291 e. The van der Waals surface area contributed by atoms with E-state index in [1.165, 1.54) is 16.9 Å². The molecule has 3 rings (SSSR count). The van der Waals surface area contributed by atoms with E-state index in [2.05, 4.69) is 10.4 Å². The highest BCUT2D eigenvalue weighted by molar-refractivity contribution is 6.30. The molecule has 0 bridgehead atoms. The second-order valence-corrected chi connectivity index (χ2v) is 5.79. The lowest BCUT2D eigenvalue weighted by atomic mass is 10.3. The lowest BCUT2D eigenvalue weighted by molar-refractivity contribution is 0.0992. The number of ether oxygens (including phenoxy) is 1. The van der Waals surface area contributed by atoms with Crippen molar-refractivity contribution in [2.75, 3.05) is 5.32 Å². The van der Waals surface area contributed by atoms with Gasteiger partial charge in [0.1, 0.15) is 23.8 Å². The molecule has 0 radical (unpaired) electrons. The Bertz CT molecular complexity index is 946. The van der Waals surface area contributed by atoms with E-state index < -0.39 is 11.8 Å². The standard InChI is InChI=1S/C17H15ClN4O4/c1-22-15(16(19)23)13(8-20-22)21-17(24)14-7-6-12(26-14)9-25-11-4-2-10(18)3-5-11/h2-8H,9H2,1H3,(H2,19,23)(H,21,24). The highest BCUT2D eigenvalue weighted by Gasteiger charge is 2.18. The van der Waals surface area contributed by atoms with Crippen molar-refractivity contribution in [1.82, 2.24) is 9.78 Å². The number of nitrogens with two attached hydrogens (primary N) is 1. The van der Waals surface area contributed by atoms with Crippen molar-refractivity contribution in [1.29, 1.82) is 0 Å². The number of primary amides is 1. The number of carbonyl (C=O) groups is 2. The van der Waals surface area contributed by atoms with Crippen molar-refractivity contribution in [3.05, 3.63) is 64.8 Å². The molecule has 3 aromatic rings. The van der Waals surface area contributed by atoms with Crippen LogP contribution in [0.3, 0.4) is 0 Å². The van der Waals surface area contributed by atoms with E-state index in [0.717, 1.165) is 0 Å². The van der Waals surface area contributed by atoms with E-state index in [4.69, 9.17) is 26.5 Å². The number of halogens is 1. The predicted octanol–water partition coefficient (Wildman–Crippen LogP) is 2.60. The molecule has 0 aliphatic carbocycles. The number of rotatable bonds is 6. The van der Waals surface area contributed by atoms with Gasteiger partial charge in [0.15, 0.2) is 5.76 Å². The summed E-state index contributed by atoms with van der Waals surface area (Å²) in [7, 11) is 1.55. The van der Waals surface area contributed by atoms with Crippen LogP contribution in [-0.2, 0) is 13.7 Å². The van der Waals surface area contributed by atoms with Crippen molar-refractivity contribution >= 4 is 29.1 Å². The molecule has 2 aromatic heterocycles. The van der Waals surface area contributed by atoms with Gasteiger partial charge in [-0.3, -0.25) is 14.3 Å². The van der Waals surface area contributed by atoms with E-state index >= 15 is 0 Å². The Labute approximate surface area is 153 Å². The number of nitrogens with one attached hydrogen (secondary N) is 1. The zero-order valence-corrected chi connectivity index (χ0v) is 14.5. The van der Waals surface area contributed by atoms with E-state index in [1.54, 1.807) is 37.4 Å². The largest absolute Gasteiger partial charge is 0.486 e. The highest BCUT2D eigenvalue weighted by Crippen LogP contribution is 2.19. The quantitative estimate of drug-likeness (QED) is 0.688. The van der Waals surface area contributed by atoms with Crippen LogP contribution in [-0.4, -0.2) is 21.6 Å². The maximum atomic E-state index is 12.3. The first kappa shape index (κ1) is 17.6. The Morgan fingerprint density at radius 1 is 1.27 bits per heavy atom. The molecular formula is C17H15ClN4O4. The number of furan rings is 1. The first-order valence-electron chi connectivity index (χ1n) is 7.54. The first-order valence-corrected chi connectivity index (χ1v) is 7.92. The molecule has 2 amide bonds. The van der Waals surface area contributed by atoms with Gasteiger partial charge in [-0.2, -0.15) is 5.10 Å². The van der Waals surface area contributed by atoms with Crippen molar-refractivity contribution in [3.63, 3.8) is 0 Å². The van der Waals surface area contributed by atoms with Crippen LogP contribution in [0.5, 0.6) is 5.75 Å². The molecule has 26 heavy (non-hydrogen) atoms. The minimum absolute atomic E-state index is 0.0685. The molecule has 3 N–H and O–H groups in total. The van der Waals surface area contributed by atoms with Gasteiger partial charge in [-0.15, -0.1) is 0 Å². The minimum Gasteiger partial charge on any atom is -0.486 e. The average molecular weight is 375 g/mol. The van der Waals surface area contributed by atoms with Gasteiger partial charge in [-0.25, -0.2) is 0 Å². The number of nitrogens with zero attached hydrogens (tertiary/aromatic N) is 2. The lowest BCUT2D eigenvalue weighted by Crippen LogP contribution is -2.20. The van der Waals surface area contributed by atoms with Crippen molar-refractivity contribution in [2.24, 2.45) is 12.8 Å². The summed E-state index contributed by atoms with van der Waals surface area (Å²) in [6.07, 6.45) is 1.34. The Morgan fingerprint density at radius 2 is 2.00 bits per heavy atom. The highest BCUT2D eigenvalue weighted by atomic mass is 35.5. The van der Waals surface area contributed by atoms with Crippen LogP contribution in [0.4, 0.5) is 5.69 Å². The van der Waals surface area contributed by atoms with Crippen LogP contribution in [0.2, 0.25) is 5.02 Å². The molecule has 0 atom stereocenters. The molecule has 2 heterocycles. The predicted molar refractivity (Wildman–Crippen MR) is 94.2 cm³/mol. The summed E-state index contributed by atoms with van der Waals surface area (Å²) in [4.78, 5) is 23.7. The van der Waals surface area contributed by atoms with Crippen LogP contribution in [0.1, 0.15) is 26.8 Å². The molecule has 0 saturated carbocycles. The molecule has 1 aromatic carbocycles. The Balaban J connectivity index is 1.64. The fourth-order valence-corrected chi connectivity index (χ4v) is 2.39. The summed E-state index contributed by atoms with van der Waals surface area (Å²) in [5.74, 6) is -0.0707. The molecule has 134 valence electrons. The van der Waals surface area contributed by atoms with Gasteiger partial charge >= 0.3 is 0 Å². The summed E-state index contributed by atoms with van der Waals surface area (Å²) >= 11 is 5.81. The number of hydrogen-bond donors (Lipinski definition) is 2. The molecule has 8 nitrogen and oxygen atoms in total. The van der Waals surface area contributed by atoms with Crippen molar-refractivity contribution in [2.45, 2.75) is 6.61 Å². The summed E-state index contributed by atoms with van der Waals surface area (Å²) in [5.41, 5.74) is 5.59. The van der Waals surface area contributed by atoms with Gasteiger partial charge < -0.3 is 20.2 Å². The summed E-state index contributed by atoms with van der Waals surface area (Å²) in [6.45, 7) is 0.147. The van der Waals surface area contributed by atoms with Gasteiger partial charge in [0.25, 0.3) is 11.8 Å². The van der Waals surface area contributed by atoms with Crippen LogP contribution in [0.25, 0.3) is 0 Å². The lowest BCUT2D eigenvalue weighted by Gasteiger charge is -2.04. The second-order valence-electron chi connectivity index (χ2n) is 5.36. The fraction of sp³-hybridized carbons (Fsp3) is 0.118. The normalized spacial score (nSPS) is 10.5.